The van der Waals surface area contributed by atoms with E-state index in [0.717, 1.165) is 28.7 Å². The fraction of sp³-hybridized carbons (Fsp3) is 0.136. The van der Waals surface area contributed by atoms with Gasteiger partial charge in [0.1, 0.15) is 12.1 Å². The molecule has 0 aliphatic rings. The molecular weight excluding hydrogens is 350 g/mol. The number of carbonyl (C=O) groups excluding carboxylic acids is 1. The molecule has 2 aromatic heterocycles. The number of amides is 1. The maximum Gasteiger partial charge on any atom is 0.246 e. The SMILES string of the molecule is CCn1c2ccccc2c2cc(NC(=O)Cn3nnc4ccccc43)ccc21. The molecule has 0 saturated carbocycles. The first-order valence-electron chi connectivity index (χ1n) is 9.33. The second kappa shape index (κ2) is 6.49. The van der Waals surface area contributed by atoms with Crippen LogP contribution in [0.15, 0.2) is 66.7 Å². The molecule has 5 aromatic rings. The van der Waals surface area contributed by atoms with Gasteiger partial charge in [-0.15, -0.1) is 5.10 Å². The molecule has 0 aliphatic carbocycles. The lowest BCUT2D eigenvalue weighted by Gasteiger charge is -2.07. The molecule has 1 amide bonds. The Morgan fingerprint density at radius 1 is 0.929 bits per heavy atom. The van der Waals surface area contributed by atoms with Crippen LogP contribution in [0.5, 0.6) is 0 Å². The van der Waals surface area contributed by atoms with E-state index in [9.17, 15) is 4.79 Å². The van der Waals surface area contributed by atoms with Crippen molar-refractivity contribution in [1.29, 1.82) is 0 Å². The summed E-state index contributed by atoms with van der Waals surface area (Å²) in [5, 5.41) is 13.5. The number of fused-ring (bicyclic) bond motifs is 4. The van der Waals surface area contributed by atoms with Gasteiger partial charge in [-0.05, 0) is 43.3 Å². The predicted molar refractivity (Wildman–Crippen MR) is 111 cm³/mol. The number of benzene rings is 3. The fourth-order valence-corrected chi connectivity index (χ4v) is 3.84. The van der Waals surface area contributed by atoms with Crippen molar-refractivity contribution in [2.45, 2.75) is 20.0 Å². The average Bonchev–Trinajstić information content (AvgIpc) is 3.27. The molecule has 2 heterocycles. The van der Waals surface area contributed by atoms with Crippen LogP contribution in [0.1, 0.15) is 6.92 Å². The summed E-state index contributed by atoms with van der Waals surface area (Å²) < 4.78 is 3.91. The third-order valence-electron chi connectivity index (χ3n) is 5.09. The molecular formula is C22H19N5O. The van der Waals surface area contributed by atoms with Crippen molar-refractivity contribution >= 4 is 44.4 Å². The molecule has 28 heavy (non-hydrogen) atoms. The minimum atomic E-state index is -0.130. The Bertz CT molecular complexity index is 1330. The van der Waals surface area contributed by atoms with Gasteiger partial charge in [-0.25, -0.2) is 4.68 Å². The highest BCUT2D eigenvalue weighted by atomic mass is 16.2. The van der Waals surface area contributed by atoms with Crippen LogP contribution in [0.2, 0.25) is 0 Å². The number of carbonyl (C=O) groups is 1. The lowest BCUT2D eigenvalue weighted by molar-refractivity contribution is -0.116. The number of para-hydroxylation sites is 2. The second-order valence-electron chi connectivity index (χ2n) is 6.78. The molecule has 0 radical (unpaired) electrons. The Morgan fingerprint density at radius 3 is 2.54 bits per heavy atom. The van der Waals surface area contributed by atoms with Crippen molar-refractivity contribution in [3.05, 3.63) is 66.7 Å². The summed E-state index contributed by atoms with van der Waals surface area (Å²) in [7, 11) is 0. The van der Waals surface area contributed by atoms with Crippen LogP contribution >= 0.6 is 0 Å². The molecule has 0 aliphatic heterocycles. The van der Waals surface area contributed by atoms with E-state index in [4.69, 9.17) is 0 Å². The summed E-state index contributed by atoms with van der Waals surface area (Å²) >= 11 is 0. The van der Waals surface area contributed by atoms with Crippen LogP contribution in [0.4, 0.5) is 5.69 Å². The van der Waals surface area contributed by atoms with Gasteiger partial charge in [0.2, 0.25) is 5.91 Å². The average molecular weight is 369 g/mol. The minimum absolute atomic E-state index is 0.120. The summed E-state index contributed by atoms with van der Waals surface area (Å²) in [6, 6.07) is 22.0. The van der Waals surface area contributed by atoms with Crippen LogP contribution < -0.4 is 5.32 Å². The summed E-state index contributed by atoms with van der Waals surface area (Å²) in [5.41, 5.74) is 4.78. The normalized spacial score (nSPS) is 11.5. The third-order valence-corrected chi connectivity index (χ3v) is 5.09. The first-order chi connectivity index (χ1) is 13.7. The van der Waals surface area contributed by atoms with Crippen LogP contribution in [0.25, 0.3) is 32.8 Å². The molecule has 0 bridgehead atoms. The highest BCUT2D eigenvalue weighted by molar-refractivity contribution is 6.09. The van der Waals surface area contributed by atoms with Gasteiger partial charge >= 0.3 is 0 Å². The van der Waals surface area contributed by atoms with Crippen molar-refractivity contribution in [1.82, 2.24) is 19.6 Å². The molecule has 0 fully saturated rings. The molecule has 0 atom stereocenters. The Kier molecular flexibility index (Phi) is 3.83. The molecule has 0 saturated heterocycles. The van der Waals surface area contributed by atoms with Gasteiger partial charge in [0, 0.05) is 34.0 Å². The highest BCUT2D eigenvalue weighted by Gasteiger charge is 2.12. The van der Waals surface area contributed by atoms with Crippen molar-refractivity contribution in [3.8, 4) is 0 Å². The van der Waals surface area contributed by atoms with Crippen molar-refractivity contribution < 1.29 is 4.79 Å². The number of hydrogen-bond acceptors (Lipinski definition) is 3. The molecule has 6 nitrogen and oxygen atoms in total. The van der Waals surface area contributed by atoms with Crippen LogP contribution in [0.3, 0.4) is 0 Å². The zero-order valence-corrected chi connectivity index (χ0v) is 15.5. The third kappa shape index (κ3) is 2.62. The first-order valence-corrected chi connectivity index (χ1v) is 9.33. The predicted octanol–water partition coefficient (Wildman–Crippen LogP) is 4.20. The molecule has 0 spiro atoms. The van der Waals surface area contributed by atoms with Gasteiger partial charge < -0.3 is 9.88 Å². The molecule has 0 unspecified atom stereocenters. The quantitative estimate of drug-likeness (QED) is 0.516. The second-order valence-corrected chi connectivity index (χ2v) is 6.78. The topological polar surface area (TPSA) is 64.7 Å². The van der Waals surface area contributed by atoms with Gasteiger partial charge in [0.05, 0.1) is 5.52 Å². The van der Waals surface area contributed by atoms with Gasteiger partial charge in [0.25, 0.3) is 0 Å². The van der Waals surface area contributed by atoms with E-state index in [0.29, 0.717) is 0 Å². The highest BCUT2D eigenvalue weighted by Crippen LogP contribution is 2.31. The maximum atomic E-state index is 12.6. The number of hydrogen-bond donors (Lipinski definition) is 1. The number of nitrogens with one attached hydrogen (secondary N) is 1. The van der Waals surface area contributed by atoms with E-state index in [1.54, 1.807) is 4.68 Å². The summed E-state index contributed by atoms with van der Waals surface area (Å²) in [6.45, 7) is 3.16. The van der Waals surface area contributed by atoms with Crippen molar-refractivity contribution in [2.75, 3.05) is 5.32 Å². The number of aryl methyl sites for hydroxylation is 1. The summed E-state index contributed by atoms with van der Waals surface area (Å²) in [4.78, 5) is 12.6. The Hall–Kier alpha value is -3.67. The fourth-order valence-electron chi connectivity index (χ4n) is 3.84. The Balaban J connectivity index is 1.46. The lowest BCUT2D eigenvalue weighted by Crippen LogP contribution is -2.19. The Morgan fingerprint density at radius 2 is 1.68 bits per heavy atom. The molecule has 138 valence electrons. The monoisotopic (exact) mass is 369 g/mol. The van der Waals surface area contributed by atoms with E-state index in [-0.39, 0.29) is 12.5 Å². The maximum absolute atomic E-state index is 12.6. The molecule has 5 rings (SSSR count). The lowest BCUT2D eigenvalue weighted by atomic mass is 10.1. The number of anilines is 1. The van der Waals surface area contributed by atoms with E-state index < -0.39 is 0 Å². The smallest absolute Gasteiger partial charge is 0.246 e. The van der Waals surface area contributed by atoms with Gasteiger partial charge in [-0.1, -0.05) is 35.5 Å². The molecule has 3 aromatic carbocycles. The van der Waals surface area contributed by atoms with Crippen molar-refractivity contribution in [3.63, 3.8) is 0 Å². The molecule has 6 heteroatoms. The van der Waals surface area contributed by atoms with E-state index in [1.165, 1.54) is 16.4 Å². The van der Waals surface area contributed by atoms with Crippen molar-refractivity contribution in [2.24, 2.45) is 0 Å². The van der Waals surface area contributed by atoms with Gasteiger partial charge in [-0.2, -0.15) is 0 Å². The number of aromatic nitrogens is 4. The van der Waals surface area contributed by atoms with E-state index >= 15 is 0 Å². The zero-order valence-electron chi connectivity index (χ0n) is 15.5. The minimum Gasteiger partial charge on any atom is -0.341 e. The summed E-state index contributed by atoms with van der Waals surface area (Å²) in [6.07, 6.45) is 0. The van der Waals surface area contributed by atoms with E-state index in [1.807, 2.05) is 42.5 Å². The van der Waals surface area contributed by atoms with Crippen LogP contribution in [-0.4, -0.2) is 25.5 Å². The first kappa shape index (κ1) is 16.5. The Labute approximate surface area is 161 Å². The standard InChI is InChI=1S/C22H19N5O/c1-2-26-19-9-5-3-7-16(19)17-13-15(11-12-20(17)26)23-22(28)14-27-21-10-6-4-8-18(21)24-25-27/h3-13H,2,14H2,1H3,(H,23,28). The van der Waals surface area contributed by atoms with Crippen LogP contribution in [-0.2, 0) is 17.9 Å². The number of nitrogens with zero attached hydrogens (tertiary/aromatic N) is 4. The number of rotatable bonds is 4. The summed E-state index contributed by atoms with van der Waals surface area (Å²) in [5.74, 6) is -0.130. The van der Waals surface area contributed by atoms with Gasteiger partial charge in [-0.3, -0.25) is 4.79 Å². The van der Waals surface area contributed by atoms with Crippen LogP contribution in [0, 0.1) is 0 Å². The van der Waals surface area contributed by atoms with E-state index in [2.05, 4.69) is 51.4 Å². The van der Waals surface area contributed by atoms with Gasteiger partial charge in [0.15, 0.2) is 0 Å². The largest absolute Gasteiger partial charge is 0.341 e. The molecule has 1 N–H and O–H groups in total. The zero-order chi connectivity index (χ0) is 19.1.